The zero-order valence-electron chi connectivity index (χ0n) is 14.3. The van der Waals surface area contributed by atoms with Crippen LogP contribution in [0.4, 0.5) is 0 Å². The number of allylic oxidation sites excluding steroid dienone is 1. The minimum atomic E-state index is -0.824. The summed E-state index contributed by atoms with van der Waals surface area (Å²) in [5.74, 6) is -1.05. The van der Waals surface area contributed by atoms with Gasteiger partial charge < -0.3 is 4.90 Å². The maximum atomic E-state index is 12.9. The summed E-state index contributed by atoms with van der Waals surface area (Å²) in [6, 6.07) is 8.00. The highest BCUT2D eigenvalue weighted by Gasteiger charge is 2.65. The van der Waals surface area contributed by atoms with Gasteiger partial charge in [0.1, 0.15) is 5.54 Å². The maximum Gasteiger partial charge on any atom is 0.261 e. The summed E-state index contributed by atoms with van der Waals surface area (Å²) < 4.78 is 0.645. The average molecular weight is 447 g/mol. The molecule has 0 saturated carbocycles. The summed E-state index contributed by atoms with van der Waals surface area (Å²) in [7, 11) is 0. The van der Waals surface area contributed by atoms with Gasteiger partial charge in [-0.25, -0.2) is 0 Å². The van der Waals surface area contributed by atoms with E-state index in [0.717, 1.165) is 16.7 Å². The lowest BCUT2D eigenvalue weighted by atomic mass is 9.65. The second kappa shape index (κ2) is 5.37. The average Bonchev–Trinajstić information content (AvgIpc) is 2.94. The van der Waals surface area contributed by atoms with Crippen LogP contribution in [0, 0.1) is 18.8 Å². The van der Waals surface area contributed by atoms with Crippen molar-refractivity contribution in [2.45, 2.75) is 26.3 Å². The monoisotopic (exact) mass is 447 g/mol. The van der Waals surface area contributed by atoms with Gasteiger partial charge in [-0.05, 0) is 53.7 Å². The number of halogens is 1. The summed E-state index contributed by atoms with van der Waals surface area (Å²) in [6.45, 7) is 5.69. The van der Waals surface area contributed by atoms with E-state index < -0.39 is 17.4 Å². The standard InChI is InChI=1S/C20H18INO3/c1-10-5-4-6-13(7-10)16-17(21)19(25)22-9-14(23)15-12(3)18(24)11(2)8-20(15,16)22/h4-8,12,15H,9H2,1-3H3/t12-,15+,20+/m1/s1. The van der Waals surface area contributed by atoms with Gasteiger partial charge in [-0.2, -0.15) is 0 Å². The Bertz CT molecular complexity index is 913. The lowest BCUT2D eigenvalue weighted by Crippen LogP contribution is -2.51. The number of ketones is 2. The Morgan fingerprint density at radius 1 is 1.20 bits per heavy atom. The minimum Gasteiger partial charge on any atom is -0.317 e. The van der Waals surface area contributed by atoms with Gasteiger partial charge in [0, 0.05) is 11.5 Å². The first-order chi connectivity index (χ1) is 11.8. The highest BCUT2D eigenvalue weighted by molar-refractivity contribution is 14.1. The van der Waals surface area contributed by atoms with Gasteiger partial charge in [0.25, 0.3) is 5.91 Å². The number of benzene rings is 1. The van der Waals surface area contributed by atoms with Crippen molar-refractivity contribution in [1.82, 2.24) is 4.90 Å². The zero-order chi connectivity index (χ0) is 18.1. The van der Waals surface area contributed by atoms with Gasteiger partial charge in [-0.15, -0.1) is 0 Å². The molecule has 1 aromatic rings. The number of carbonyl (C=O) groups excluding carboxylic acids is 3. The van der Waals surface area contributed by atoms with Crippen molar-refractivity contribution >= 4 is 45.6 Å². The van der Waals surface area contributed by atoms with Crippen molar-refractivity contribution in [3.63, 3.8) is 0 Å². The fourth-order valence-corrected chi connectivity index (χ4v) is 5.73. The normalized spacial score (nSPS) is 31.4. The Kier molecular flexibility index (Phi) is 3.58. The van der Waals surface area contributed by atoms with Crippen molar-refractivity contribution in [2.75, 3.05) is 6.54 Å². The van der Waals surface area contributed by atoms with Crippen molar-refractivity contribution < 1.29 is 14.4 Å². The lowest BCUT2D eigenvalue weighted by molar-refractivity contribution is -0.129. The Labute approximate surface area is 160 Å². The fraction of sp³-hybridized carbons (Fsp3) is 0.350. The summed E-state index contributed by atoms with van der Waals surface area (Å²) >= 11 is 2.10. The highest BCUT2D eigenvalue weighted by atomic mass is 127. The van der Waals surface area contributed by atoms with Gasteiger partial charge in [0.05, 0.1) is 16.0 Å². The quantitative estimate of drug-likeness (QED) is 0.622. The number of aryl methyl sites for hydroxylation is 1. The summed E-state index contributed by atoms with van der Waals surface area (Å²) in [5, 5.41) is 0. The molecule has 1 aromatic carbocycles. The van der Waals surface area contributed by atoms with E-state index in [1.165, 1.54) is 0 Å². The van der Waals surface area contributed by atoms with Crippen molar-refractivity contribution in [2.24, 2.45) is 11.8 Å². The molecule has 1 fully saturated rings. The smallest absolute Gasteiger partial charge is 0.261 e. The Hall–Kier alpha value is -1.76. The van der Waals surface area contributed by atoms with Gasteiger partial charge in [0.2, 0.25) is 0 Å². The maximum absolute atomic E-state index is 12.9. The molecule has 0 N–H and O–H groups in total. The van der Waals surface area contributed by atoms with Crippen LogP contribution in [0.5, 0.6) is 0 Å². The third-order valence-corrected chi connectivity index (χ3v) is 6.68. The molecule has 5 heteroatoms. The molecule has 1 amide bonds. The minimum absolute atomic E-state index is 0.00349. The second-order valence-corrected chi connectivity index (χ2v) is 8.28. The predicted molar refractivity (Wildman–Crippen MR) is 103 cm³/mol. The number of nitrogens with zero attached hydrogens (tertiary/aromatic N) is 1. The van der Waals surface area contributed by atoms with Crippen molar-refractivity contribution in [1.29, 1.82) is 0 Å². The molecule has 0 unspecified atom stereocenters. The van der Waals surface area contributed by atoms with E-state index in [-0.39, 0.29) is 24.0 Å². The van der Waals surface area contributed by atoms with E-state index in [1.54, 1.807) is 11.8 Å². The molecule has 4 rings (SSSR count). The molecule has 3 aliphatic rings. The first-order valence-electron chi connectivity index (χ1n) is 8.34. The first-order valence-corrected chi connectivity index (χ1v) is 9.42. The number of carbonyl (C=O) groups is 3. The third kappa shape index (κ3) is 2.02. The molecule has 1 spiro atoms. The third-order valence-electron chi connectivity index (χ3n) is 5.68. The molecular formula is C20H18INO3. The molecule has 2 heterocycles. The van der Waals surface area contributed by atoms with Crippen LogP contribution >= 0.6 is 22.6 Å². The number of Topliss-reactive ketones (excluding diaryl/α,β-unsaturated/α-hetero) is 2. The second-order valence-electron chi connectivity index (χ2n) is 7.20. The SMILES string of the molecule is CC1=C[C@]23C(c4cccc(C)c4)=C(I)C(=O)N2CC(=O)[C@@H]3[C@@H](C)C1=O. The van der Waals surface area contributed by atoms with Gasteiger partial charge in [-0.3, -0.25) is 14.4 Å². The van der Waals surface area contributed by atoms with Crippen molar-refractivity contribution in [3.05, 3.63) is 50.6 Å². The summed E-state index contributed by atoms with van der Waals surface area (Å²) in [4.78, 5) is 39.9. The fourth-order valence-electron chi connectivity index (χ4n) is 4.70. The van der Waals surface area contributed by atoms with E-state index in [9.17, 15) is 14.4 Å². The van der Waals surface area contributed by atoms with E-state index in [2.05, 4.69) is 22.6 Å². The van der Waals surface area contributed by atoms with Crippen LogP contribution < -0.4 is 0 Å². The molecule has 0 bridgehead atoms. The Balaban J connectivity index is 2.05. The molecule has 2 aliphatic heterocycles. The van der Waals surface area contributed by atoms with E-state index in [1.807, 2.05) is 44.2 Å². The lowest BCUT2D eigenvalue weighted by Gasteiger charge is -2.41. The van der Waals surface area contributed by atoms with Crippen LogP contribution in [0.2, 0.25) is 0 Å². The van der Waals surface area contributed by atoms with Crippen LogP contribution in [0.3, 0.4) is 0 Å². The van der Waals surface area contributed by atoms with Crippen LogP contribution in [-0.2, 0) is 14.4 Å². The Morgan fingerprint density at radius 2 is 1.92 bits per heavy atom. The predicted octanol–water partition coefficient (Wildman–Crippen LogP) is 3.09. The topological polar surface area (TPSA) is 54.5 Å². The Morgan fingerprint density at radius 3 is 2.60 bits per heavy atom. The van der Waals surface area contributed by atoms with Crippen LogP contribution in [0.25, 0.3) is 5.57 Å². The molecule has 3 atom stereocenters. The largest absolute Gasteiger partial charge is 0.317 e. The molecule has 4 nitrogen and oxygen atoms in total. The van der Waals surface area contributed by atoms with Gasteiger partial charge in [-0.1, -0.05) is 36.8 Å². The molecule has 0 radical (unpaired) electrons. The molecule has 1 aliphatic carbocycles. The van der Waals surface area contributed by atoms with Crippen LogP contribution in [0.1, 0.15) is 25.0 Å². The van der Waals surface area contributed by atoms with E-state index >= 15 is 0 Å². The first kappa shape index (κ1) is 16.7. The van der Waals surface area contributed by atoms with E-state index in [0.29, 0.717) is 9.15 Å². The summed E-state index contributed by atoms with van der Waals surface area (Å²) in [5.41, 5.74) is 2.73. The van der Waals surface area contributed by atoms with Gasteiger partial charge >= 0.3 is 0 Å². The van der Waals surface area contributed by atoms with Crippen molar-refractivity contribution in [3.8, 4) is 0 Å². The van der Waals surface area contributed by atoms with E-state index in [4.69, 9.17) is 0 Å². The molecule has 0 aromatic heterocycles. The number of rotatable bonds is 1. The number of amides is 1. The van der Waals surface area contributed by atoms with Crippen LogP contribution in [0.15, 0.2) is 39.5 Å². The molecule has 128 valence electrons. The zero-order valence-corrected chi connectivity index (χ0v) is 16.5. The number of hydrogen-bond acceptors (Lipinski definition) is 3. The molecular weight excluding hydrogens is 429 g/mol. The molecule has 25 heavy (non-hydrogen) atoms. The molecule has 1 saturated heterocycles. The summed E-state index contributed by atoms with van der Waals surface area (Å²) in [6.07, 6.45) is 1.87. The highest BCUT2D eigenvalue weighted by Crippen LogP contribution is 2.56. The number of hydrogen-bond donors (Lipinski definition) is 0. The van der Waals surface area contributed by atoms with Crippen LogP contribution in [-0.4, -0.2) is 34.5 Å². The van der Waals surface area contributed by atoms with Gasteiger partial charge in [0.15, 0.2) is 11.6 Å².